The highest BCUT2D eigenvalue weighted by molar-refractivity contribution is 6.11. The molecule has 1 aromatic carbocycles. The van der Waals surface area contributed by atoms with Crippen LogP contribution < -0.4 is 10.2 Å². The van der Waals surface area contributed by atoms with Crippen LogP contribution in [-0.2, 0) is 11.2 Å². The molecule has 0 saturated carbocycles. The molecule has 0 spiro atoms. The third kappa shape index (κ3) is 3.49. The van der Waals surface area contributed by atoms with E-state index in [2.05, 4.69) is 10.3 Å². The van der Waals surface area contributed by atoms with E-state index < -0.39 is 0 Å². The van der Waals surface area contributed by atoms with Crippen molar-refractivity contribution in [3.05, 3.63) is 65.7 Å². The lowest BCUT2D eigenvalue weighted by atomic mass is 10.1. The van der Waals surface area contributed by atoms with Crippen molar-refractivity contribution in [2.45, 2.75) is 25.8 Å². The van der Waals surface area contributed by atoms with Crippen LogP contribution in [0.5, 0.6) is 0 Å². The van der Waals surface area contributed by atoms with E-state index in [0.717, 1.165) is 17.7 Å². The maximum atomic E-state index is 13.5. The number of carbonyl (C=O) groups excluding carboxylic acids is 2. The topological polar surface area (TPSA) is 75.9 Å². The summed E-state index contributed by atoms with van der Waals surface area (Å²) in [5.74, 6) is -0.290. The summed E-state index contributed by atoms with van der Waals surface area (Å²) in [6, 6.07) is 13.4. The van der Waals surface area contributed by atoms with E-state index in [1.54, 1.807) is 22.6 Å². The Morgan fingerprint density at radius 2 is 2.00 bits per heavy atom. The number of aromatic nitrogens is 2. The molecule has 7 nitrogen and oxygen atoms in total. The van der Waals surface area contributed by atoms with Crippen LogP contribution in [0.3, 0.4) is 0 Å². The summed E-state index contributed by atoms with van der Waals surface area (Å²) < 4.78 is 6.68. The molecule has 29 heavy (non-hydrogen) atoms. The smallest absolute Gasteiger partial charge is 0.287 e. The third-order valence-corrected chi connectivity index (χ3v) is 5.19. The average molecular weight is 392 g/mol. The van der Waals surface area contributed by atoms with E-state index in [1.807, 2.05) is 49.4 Å². The Balaban J connectivity index is 1.68. The first-order chi connectivity index (χ1) is 14.1. The number of rotatable bonds is 6. The van der Waals surface area contributed by atoms with Gasteiger partial charge in [-0.3, -0.25) is 14.0 Å². The molecule has 2 amide bonds. The number of para-hydroxylation sites is 1. The van der Waals surface area contributed by atoms with Crippen molar-refractivity contribution in [2.24, 2.45) is 0 Å². The van der Waals surface area contributed by atoms with Gasteiger partial charge in [0.05, 0.1) is 5.52 Å². The molecule has 0 saturated heterocycles. The summed E-state index contributed by atoms with van der Waals surface area (Å²) in [6.07, 6.45) is 3.27. The fourth-order valence-corrected chi connectivity index (χ4v) is 3.84. The van der Waals surface area contributed by atoms with Crippen LogP contribution in [0.25, 0.3) is 5.52 Å². The predicted molar refractivity (Wildman–Crippen MR) is 110 cm³/mol. The Labute approximate surface area is 169 Å². The first-order valence-corrected chi connectivity index (χ1v) is 9.77. The molecule has 0 aliphatic carbocycles. The van der Waals surface area contributed by atoms with Crippen LogP contribution in [0.2, 0.25) is 0 Å². The van der Waals surface area contributed by atoms with Crippen LogP contribution in [0.15, 0.2) is 48.7 Å². The summed E-state index contributed by atoms with van der Waals surface area (Å²) in [7, 11) is 1.62. The van der Waals surface area contributed by atoms with E-state index in [9.17, 15) is 9.59 Å². The van der Waals surface area contributed by atoms with Crippen molar-refractivity contribution < 1.29 is 14.3 Å². The number of fused-ring (bicyclic) bond motifs is 2. The number of carbonyl (C=O) groups is 2. The zero-order valence-electron chi connectivity index (χ0n) is 16.6. The number of pyridine rings is 1. The Bertz CT molecular complexity index is 1060. The number of ether oxygens (including phenoxy) is 1. The van der Waals surface area contributed by atoms with Gasteiger partial charge in [0.15, 0.2) is 5.69 Å². The molecule has 3 heterocycles. The van der Waals surface area contributed by atoms with Crippen molar-refractivity contribution >= 4 is 23.0 Å². The summed E-state index contributed by atoms with van der Waals surface area (Å²) in [5, 5.41) is 2.84. The van der Waals surface area contributed by atoms with E-state index >= 15 is 0 Å². The Morgan fingerprint density at radius 1 is 1.21 bits per heavy atom. The van der Waals surface area contributed by atoms with Crippen molar-refractivity contribution in [2.75, 3.05) is 25.2 Å². The second kappa shape index (κ2) is 8.05. The second-order valence-corrected chi connectivity index (χ2v) is 7.20. The highest BCUT2D eigenvalue weighted by Crippen LogP contribution is 2.33. The summed E-state index contributed by atoms with van der Waals surface area (Å²) in [5.41, 5.74) is 2.97. The molecule has 0 bridgehead atoms. The number of benzene rings is 1. The fourth-order valence-electron chi connectivity index (χ4n) is 3.84. The standard InChI is InChI=1S/C22H24N4O3/c1-15-14-16-8-3-4-9-17(16)26(15)22(28)19-18-10-5-6-12-25(18)20(24-19)21(27)23-11-7-13-29-2/h3-6,8-10,12,15H,7,11,13-14H2,1-2H3,(H,23,27). The average Bonchev–Trinajstić information content (AvgIpc) is 3.28. The molecule has 3 aromatic rings. The monoisotopic (exact) mass is 392 g/mol. The van der Waals surface area contributed by atoms with Gasteiger partial charge in [0.2, 0.25) is 5.82 Å². The zero-order chi connectivity index (χ0) is 20.4. The van der Waals surface area contributed by atoms with Gasteiger partial charge in [-0.15, -0.1) is 0 Å². The SMILES string of the molecule is COCCCNC(=O)c1nc(C(=O)N2c3ccccc3CC2C)c2ccccn12. The van der Waals surface area contributed by atoms with Crippen LogP contribution in [-0.4, -0.2) is 47.5 Å². The van der Waals surface area contributed by atoms with Gasteiger partial charge < -0.3 is 15.0 Å². The lowest BCUT2D eigenvalue weighted by Crippen LogP contribution is -2.36. The highest BCUT2D eigenvalue weighted by atomic mass is 16.5. The molecule has 1 unspecified atom stereocenters. The highest BCUT2D eigenvalue weighted by Gasteiger charge is 2.34. The van der Waals surface area contributed by atoms with Crippen molar-refractivity contribution in [3.8, 4) is 0 Å². The third-order valence-electron chi connectivity index (χ3n) is 5.19. The Kier molecular flexibility index (Phi) is 5.31. The quantitative estimate of drug-likeness (QED) is 0.655. The van der Waals surface area contributed by atoms with E-state index in [-0.39, 0.29) is 29.4 Å². The van der Waals surface area contributed by atoms with Gasteiger partial charge in [-0.05, 0) is 43.5 Å². The summed E-state index contributed by atoms with van der Waals surface area (Å²) in [6.45, 7) is 3.08. The fraction of sp³-hybridized carbons (Fsp3) is 0.318. The van der Waals surface area contributed by atoms with Crippen LogP contribution in [0.4, 0.5) is 5.69 Å². The molecule has 1 atom stereocenters. The first-order valence-electron chi connectivity index (χ1n) is 9.77. The van der Waals surface area contributed by atoms with Gasteiger partial charge >= 0.3 is 0 Å². The van der Waals surface area contributed by atoms with Crippen LogP contribution in [0.1, 0.15) is 40.0 Å². The Morgan fingerprint density at radius 3 is 2.83 bits per heavy atom. The molecule has 1 N–H and O–H groups in total. The number of hydrogen-bond donors (Lipinski definition) is 1. The second-order valence-electron chi connectivity index (χ2n) is 7.20. The van der Waals surface area contributed by atoms with Crippen molar-refractivity contribution in [1.82, 2.24) is 14.7 Å². The molecular weight excluding hydrogens is 368 g/mol. The maximum Gasteiger partial charge on any atom is 0.287 e. The minimum Gasteiger partial charge on any atom is -0.385 e. The molecular formula is C22H24N4O3. The molecule has 1 aliphatic heterocycles. The maximum absolute atomic E-state index is 13.5. The molecule has 150 valence electrons. The number of nitrogens with one attached hydrogen (secondary N) is 1. The lowest BCUT2D eigenvalue weighted by Gasteiger charge is -2.21. The van der Waals surface area contributed by atoms with Gasteiger partial charge in [-0.1, -0.05) is 24.3 Å². The van der Waals surface area contributed by atoms with E-state index in [4.69, 9.17) is 4.74 Å². The number of imidazole rings is 1. The lowest BCUT2D eigenvalue weighted by molar-refractivity contribution is 0.0937. The summed E-state index contributed by atoms with van der Waals surface area (Å²) in [4.78, 5) is 32.4. The molecule has 1 aliphatic rings. The molecule has 7 heteroatoms. The number of methoxy groups -OCH3 is 1. The van der Waals surface area contributed by atoms with Gasteiger partial charge in [0.1, 0.15) is 0 Å². The molecule has 0 fully saturated rings. The molecule has 4 rings (SSSR count). The van der Waals surface area contributed by atoms with Gasteiger partial charge in [0, 0.05) is 38.2 Å². The van der Waals surface area contributed by atoms with E-state index in [0.29, 0.717) is 25.1 Å². The van der Waals surface area contributed by atoms with Gasteiger partial charge in [0.25, 0.3) is 11.8 Å². The predicted octanol–water partition coefficient (Wildman–Crippen LogP) is 2.69. The van der Waals surface area contributed by atoms with Crippen LogP contribution in [0, 0.1) is 0 Å². The number of nitrogens with zero attached hydrogens (tertiary/aromatic N) is 3. The molecule has 2 aromatic heterocycles. The van der Waals surface area contributed by atoms with Gasteiger partial charge in [-0.25, -0.2) is 4.98 Å². The normalized spacial score (nSPS) is 15.5. The van der Waals surface area contributed by atoms with Gasteiger partial charge in [-0.2, -0.15) is 0 Å². The zero-order valence-corrected chi connectivity index (χ0v) is 16.6. The minimum atomic E-state index is -0.309. The summed E-state index contributed by atoms with van der Waals surface area (Å²) >= 11 is 0. The number of hydrogen-bond acceptors (Lipinski definition) is 4. The first kappa shape index (κ1) is 19.1. The number of amides is 2. The van der Waals surface area contributed by atoms with Crippen molar-refractivity contribution in [3.63, 3.8) is 0 Å². The van der Waals surface area contributed by atoms with E-state index in [1.165, 1.54) is 0 Å². The number of anilines is 1. The van der Waals surface area contributed by atoms with Crippen molar-refractivity contribution in [1.29, 1.82) is 0 Å². The largest absolute Gasteiger partial charge is 0.385 e. The van der Waals surface area contributed by atoms with Crippen LogP contribution >= 0.6 is 0 Å². The minimum absolute atomic E-state index is 0.0340. The Hall–Kier alpha value is -3.19. The molecule has 0 radical (unpaired) electrons.